The number of hydrogen-bond acceptors (Lipinski definition) is 6. The Balaban J connectivity index is 2.02. The second-order valence-corrected chi connectivity index (χ2v) is 4.56. The van der Waals surface area contributed by atoms with Crippen molar-refractivity contribution in [1.82, 2.24) is 14.3 Å². The van der Waals surface area contributed by atoms with E-state index in [1.807, 2.05) is 0 Å². The van der Waals surface area contributed by atoms with E-state index in [1.165, 1.54) is 6.20 Å². The van der Waals surface area contributed by atoms with Gasteiger partial charge < -0.3 is 5.11 Å². The van der Waals surface area contributed by atoms with E-state index >= 15 is 0 Å². The number of aliphatic hydroxyl groups excluding tert-OH is 1. The summed E-state index contributed by atoms with van der Waals surface area (Å²) in [6.07, 6.45) is 1.93. The molecule has 2 aromatic heterocycles. The van der Waals surface area contributed by atoms with Crippen molar-refractivity contribution in [2.75, 3.05) is 11.9 Å². The van der Waals surface area contributed by atoms with Crippen molar-refractivity contribution in [2.24, 2.45) is 0 Å². The SMILES string of the molecule is Cc1nsc(NC(=O)c2ccc(C#CCCO)cn2)n1. The first-order valence-electron chi connectivity index (χ1n) is 5.86. The van der Waals surface area contributed by atoms with Gasteiger partial charge in [-0.05, 0) is 19.1 Å². The summed E-state index contributed by atoms with van der Waals surface area (Å²) in [7, 11) is 0. The fourth-order valence-electron chi connectivity index (χ4n) is 1.33. The summed E-state index contributed by atoms with van der Waals surface area (Å²) in [4.78, 5) is 20.0. The normalized spacial score (nSPS) is 9.70. The maximum absolute atomic E-state index is 11.9. The van der Waals surface area contributed by atoms with Crippen LogP contribution in [0.4, 0.5) is 5.13 Å². The quantitative estimate of drug-likeness (QED) is 0.829. The molecule has 0 atom stereocenters. The number of amides is 1. The zero-order valence-electron chi connectivity index (χ0n) is 10.8. The van der Waals surface area contributed by atoms with Crippen molar-refractivity contribution in [2.45, 2.75) is 13.3 Å². The number of aromatic nitrogens is 3. The van der Waals surface area contributed by atoms with Crippen LogP contribution in [0.15, 0.2) is 18.3 Å². The van der Waals surface area contributed by atoms with Crippen LogP contribution in [-0.4, -0.2) is 32.0 Å². The second kappa shape index (κ2) is 6.75. The average Bonchev–Trinajstić information content (AvgIpc) is 2.85. The minimum Gasteiger partial charge on any atom is -0.395 e. The third-order valence-electron chi connectivity index (χ3n) is 2.21. The van der Waals surface area contributed by atoms with Gasteiger partial charge in [0.15, 0.2) is 0 Å². The highest BCUT2D eigenvalue weighted by atomic mass is 32.1. The predicted molar refractivity (Wildman–Crippen MR) is 75.4 cm³/mol. The third-order valence-corrected chi connectivity index (χ3v) is 2.94. The molecule has 2 rings (SSSR count). The number of hydrogen-bond donors (Lipinski definition) is 2. The van der Waals surface area contributed by atoms with E-state index in [1.54, 1.807) is 19.1 Å². The highest BCUT2D eigenvalue weighted by Crippen LogP contribution is 2.11. The first-order chi connectivity index (χ1) is 9.69. The number of pyridine rings is 1. The molecule has 0 saturated carbocycles. The van der Waals surface area contributed by atoms with Crippen molar-refractivity contribution in [3.63, 3.8) is 0 Å². The van der Waals surface area contributed by atoms with Crippen molar-refractivity contribution < 1.29 is 9.90 Å². The molecule has 0 bridgehead atoms. The monoisotopic (exact) mass is 288 g/mol. The van der Waals surface area contributed by atoms with Gasteiger partial charge in [0.2, 0.25) is 5.13 Å². The fraction of sp³-hybridized carbons (Fsp3) is 0.231. The zero-order chi connectivity index (χ0) is 14.4. The molecular weight excluding hydrogens is 276 g/mol. The Bertz CT molecular complexity index is 655. The van der Waals surface area contributed by atoms with Crippen LogP contribution in [0.1, 0.15) is 28.3 Å². The van der Waals surface area contributed by atoms with E-state index in [0.717, 1.165) is 11.5 Å². The number of nitrogens with one attached hydrogen (secondary N) is 1. The second-order valence-electron chi connectivity index (χ2n) is 3.81. The summed E-state index contributed by atoms with van der Waals surface area (Å²) in [5, 5.41) is 11.7. The highest BCUT2D eigenvalue weighted by molar-refractivity contribution is 7.09. The Morgan fingerprint density at radius 2 is 2.35 bits per heavy atom. The number of anilines is 1. The van der Waals surface area contributed by atoms with Crippen molar-refractivity contribution in [1.29, 1.82) is 0 Å². The number of rotatable bonds is 3. The van der Waals surface area contributed by atoms with Gasteiger partial charge in [-0.15, -0.1) is 0 Å². The van der Waals surface area contributed by atoms with Crippen molar-refractivity contribution in [3.8, 4) is 11.8 Å². The van der Waals surface area contributed by atoms with Crippen LogP contribution >= 0.6 is 11.5 Å². The molecule has 0 aromatic carbocycles. The fourth-order valence-corrected chi connectivity index (χ4v) is 1.90. The Labute approximate surface area is 120 Å². The lowest BCUT2D eigenvalue weighted by atomic mass is 10.2. The summed E-state index contributed by atoms with van der Waals surface area (Å²) < 4.78 is 3.98. The van der Waals surface area contributed by atoms with Crippen LogP contribution in [0.3, 0.4) is 0 Å². The molecule has 0 fully saturated rings. The highest BCUT2D eigenvalue weighted by Gasteiger charge is 2.09. The topological polar surface area (TPSA) is 88.0 Å². The van der Waals surface area contributed by atoms with Crippen LogP contribution in [0.25, 0.3) is 0 Å². The number of carbonyl (C=O) groups excluding carboxylic acids is 1. The Morgan fingerprint density at radius 1 is 1.50 bits per heavy atom. The molecule has 0 aliphatic rings. The molecule has 0 aliphatic heterocycles. The van der Waals surface area contributed by atoms with Gasteiger partial charge in [0.25, 0.3) is 5.91 Å². The molecule has 0 saturated heterocycles. The Kier molecular flexibility index (Phi) is 4.76. The van der Waals surface area contributed by atoms with Gasteiger partial charge in [0.1, 0.15) is 11.5 Å². The van der Waals surface area contributed by atoms with Gasteiger partial charge in [-0.1, -0.05) is 11.8 Å². The summed E-state index contributed by atoms with van der Waals surface area (Å²) in [6.45, 7) is 1.78. The summed E-state index contributed by atoms with van der Waals surface area (Å²) in [5.41, 5.74) is 0.979. The van der Waals surface area contributed by atoms with Crippen LogP contribution in [0, 0.1) is 18.8 Å². The zero-order valence-corrected chi connectivity index (χ0v) is 11.6. The van der Waals surface area contributed by atoms with Gasteiger partial charge in [-0.25, -0.2) is 9.97 Å². The van der Waals surface area contributed by atoms with Gasteiger partial charge in [-0.2, -0.15) is 4.37 Å². The number of aryl methyl sites for hydroxylation is 1. The maximum Gasteiger partial charge on any atom is 0.276 e. The average molecular weight is 288 g/mol. The predicted octanol–water partition coefficient (Wildman–Crippen LogP) is 1.23. The minimum absolute atomic E-state index is 0.0299. The molecule has 0 unspecified atom stereocenters. The summed E-state index contributed by atoms with van der Waals surface area (Å²) in [6, 6.07) is 3.30. The van der Waals surface area contributed by atoms with Crippen molar-refractivity contribution in [3.05, 3.63) is 35.4 Å². The lowest BCUT2D eigenvalue weighted by Gasteiger charge is -2.00. The lowest BCUT2D eigenvalue weighted by Crippen LogP contribution is -2.13. The molecular formula is C13H12N4O2S. The van der Waals surface area contributed by atoms with Gasteiger partial charge in [-0.3, -0.25) is 10.1 Å². The summed E-state index contributed by atoms with van der Waals surface area (Å²) >= 11 is 1.12. The molecule has 2 aromatic rings. The standard InChI is InChI=1S/C13H12N4O2S/c1-9-15-13(20-17-9)16-12(19)11-6-5-10(8-14-11)4-2-3-7-18/h5-6,8,18H,3,7H2,1H3,(H,15,16,17,19). The van der Waals surface area contributed by atoms with Gasteiger partial charge in [0, 0.05) is 29.7 Å². The molecule has 0 radical (unpaired) electrons. The molecule has 0 spiro atoms. The van der Waals surface area contributed by atoms with Crippen LogP contribution in [0.5, 0.6) is 0 Å². The molecule has 1 amide bonds. The third kappa shape index (κ3) is 3.85. The molecule has 2 N–H and O–H groups in total. The molecule has 2 heterocycles. The van der Waals surface area contributed by atoms with Crippen molar-refractivity contribution >= 4 is 22.6 Å². The van der Waals surface area contributed by atoms with E-state index in [4.69, 9.17) is 5.11 Å². The number of aliphatic hydroxyl groups is 1. The molecule has 20 heavy (non-hydrogen) atoms. The van der Waals surface area contributed by atoms with Crippen LogP contribution < -0.4 is 5.32 Å². The van der Waals surface area contributed by atoms with E-state index < -0.39 is 0 Å². The maximum atomic E-state index is 11.9. The van der Waals surface area contributed by atoms with E-state index in [0.29, 0.717) is 22.9 Å². The smallest absolute Gasteiger partial charge is 0.276 e. The lowest BCUT2D eigenvalue weighted by molar-refractivity contribution is 0.102. The van der Waals surface area contributed by atoms with Crippen LogP contribution in [-0.2, 0) is 0 Å². The van der Waals surface area contributed by atoms with E-state index in [-0.39, 0.29) is 18.2 Å². The van der Waals surface area contributed by atoms with E-state index in [9.17, 15) is 4.79 Å². The Morgan fingerprint density at radius 3 is 2.95 bits per heavy atom. The Hall–Kier alpha value is -2.30. The largest absolute Gasteiger partial charge is 0.395 e. The number of carbonyl (C=O) groups is 1. The van der Waals surface area contributed by atoms with E-state index in [2.05, 4.69) is 31.5 Å². The molecule has 0 aliphatic carbocycles. The molecule has 7 heteroatoms. The van der Waals surface area contributed by atoms with Gasteiger partial charge >= 0.3 is 0 Å². The minimum atomic E-state index is -0.337. The molecule has 102 valence electrons. The summed E-state index contributed by atoms with van der Waals surface area (Å²) in [5.74, 6) is 5.91. The van der Waals surface area contributed by atoms with Gasteiger partial charge in [0.05, 0.1) is 6.61 Å². The molecule has 6 nitrogen and oxygen atoms in total. The number of nitrogens with zero attached hydrogens (tertiary/aromatic N) is 3. The van der Waals surface area contributed by atoms with Crippen LogP contribution in [0.2, 0.25) is 0 Å². The first-order valence-corrected chi connectivity index (χ1v) is 6.64. The first kappa shape index (κ1) is 14.1.